The molecular weight excluding hydrogens is 240 g/mol. The van der Waals surface area contributed by atoms with Gasteiger partial charge in [-0.2, -0.15) is 10.5 Å². The molecule has 0 N–H and O–H groups in total. The third-order valence-corrected chi connectivity index (χ3v) is 3.75. The minimum Gasteiger partial charge on any atom is -0.376 e. The fourth-order valence-corrected chi connectivity index (χ4v) is 2.58. The van der Waals surface area contributed by atoms with Gasteiger partial charge in [-0.15, -0.1) is 0 Å². The minimum absolute atomic E-state index is 0.188. The van der Waals surface area contributed by atoms with Crippen molar-refractivity contribution in [2.75, 3.05) is 6.61 Å². The largest absolute Gasteiger partial charge is 0.376 e. The highest BCUT2D eigenvalue weighted by atomic mass is 16.5. The zero-order chi connectivity index (χ0) is 13.7. The van der Waals surface area contributed by atoms with E-state index in [9.17, 15) is 0 Å². The van der Waals surface area contributed by atoms with Crippen LogP contribution in [0.5, 0.6) is 0 Å². The van der Waals surface area contributed by atoms with Crippen LogP contribution in [0.1, 0.15) is 44.0 Å². The van der Waals surface area contributed by atoms with E-state index in [0.29, 0.717) is 30.9 Å². The summed E-state index contributed by atoms with van der Waals surface area (Å²) in [6.45, 7) is 3.36. The van der Waals surface area contributed by atoms with Crippen molar-refractivity contribution < 1.29 is 4.74 Å². The molecule has 2 unspecified atom stereocenters. The van der Waals surface area contributed by atoms with Crippen molar-refractivity contribution in [2.24, 2.45) is 5.92 Å². The Labute approximate surface area is 113 Å². The Kier molecular flexibility index (Phi) is 4.54. The van der Waals surface area contributed by atoms with Gasteiger partial charge in [0, 0.05) is 6.54 Å². The molecule has 19 heavy (non-hydrogen) atoms. The number of nitrogens with zero attached hydrogens (tertiary/aromatic N) is 4. The number of imidazole rings is 1. The molecule has 0 radical (unpaired) electrons. The van der Waals surface area contributed by atoms with E-state index in [1.54, 1.807) is 4.57 Å². The average Bonchev–Trinajstić information content (AvgIpc) is 2.83. The second-order valence-corrected chi connectivity index (χ2v) is 5.03. The first-order valence-electron chi connectivity index (χ1n) is 6.73. The van der Waals surface area contributed by atoms with Crippen molar-refractivity contribution in [3.05, 3.63) is 17.7 Å². The van der Waals surface area contributed by atoms with Gasteiger partial charge in [0.15, 0.2) is 11.4 Å². The first-order chi connectivity index (χ1) is 9.26. The highest BCUT2D eigenvalue weighted by Gasteiger charge is 2.21. The molecule has 1 aliphatic carbocycles. The summed E-state index contributed by atoms with van der Waals surface area (Å²) in [5.74, 6) is 0.613. The van der Waals surface area contributed by atoms with Crippen LogP contribution < -0.4 is 0 Å². The van der Waals surface area contributed by atoms with Gasteiger partial charge in [-0.05, 0) is 18.8 Å². The lowest BCUT2D eigenvalue weighted by atomic mass is 9.88. The smallest absolute Gasteiger partial charge is 0.176 e. The van der Waals surface area contributed by atoms with Crippen LogP contribution in [-0.4, -0.2) is 22.3 Å². The van der Waals surface area contributed by atoms with Crippen molar-refractivity contribution in [1.82, 2.24) is 9.55 Å². The predicted octanol–water partition coefficient (Wildman–Crippen LogP) is 2.22. The van der Waals surface area contributed by atoms with Gasteiger partial charge >= 0.3 is 0 Å². The molecular formula is C14H18N4O. The van der Waals surface area contributed by atoms with Gasteiger partial charge in [0.1, 0.15) is 12.1 Å². The third kappa shape index (κ3) is 3.13. The molecule has 1 fully saturated rings. The summed E-state index contributed by atoms with van der Waals surface area (Å²) in [4.78, 5) is 3.91. The van der Waals surface area contributed by atoms with E-state index in [0.717, 1.165) is 6.42 Å². The molecule has 1 heterocycles. The topological polar surface area (TPSA) is 74.6 Å². The van der Waals surface area contributed by atoms with Crippen LogP contribution in [0.2, 0.25) is 0 Å². The molecule has 2 rings (SSSR count). The molecule has 0 amide bonds. The lowest BCUT2D eigenvalue weighted by Gasteiger charge is -2.28. The van der Waals surface area contributed by atoms with E-state index < -0.39 is 0 Å². The van der Waals surface area contributed by atoms with E-state index in [4.69, 9.17) is 15.3 Å². The zero-order valence-electron chi connectivity index (χ0n) is 11.2. The Hall–Kier alpha value is -1.85. The van der Waals surface area contributed by atoms with Crippen molar-refractivity contribution in [2.45, 2.75) is 45.3 Å². The van der Waals surface area contributed by atoms with Gasteiger partial charge in [0.25, 0.3) is 0 Å². The molecule has 1 aromatic heterocycles. The molecule has 0 spiro atoms. The lowest BCUT2D eigenvalue weighted by molar-refractivity contribution is -0.00843. The molecule has 5 nitrogen and oxygen atoms in total. The monoisotopic (exact) mass is 258 g/mol. The van der Waals surface area contributed by atoms with Crippen LogP contribution in [0.25, 0.3) is 0 Å². The van der Waals surface area contributed by atoms with Crippen molar-refractivity contribution in [3.63, 3.8) is 0 Å². The van der Waals surface area contributed by atoms with Crippen LogP contribution in [-0.2, 0) is 11.3 Å². The summed E-state index contributed by atoms with van der Waals surface area (Å²) in [6.07, 6.45) is 6.76. The van der Waals surface area contributed by atoms with Crippen LogP contribution in [0.4, 0.5) is 0 Å². The normalized spacial score (nSPS) is 22.7. The van der Waals surface area contributed by atoms with Crippen LogP contribution in [0, 0.1) is 28.6 Å². The number of ether oxygens (including phenoxy) is 1. The van der Waals surface area contributed by atoms with Gasteiger partial charge in [-0.25, -0.2) is 4.98 Å². The summed E-state index contributed by atoms with van der Waals surface area (Å²) in [5, 5.41) is 17.8. The van der Waals surface area contributed by atoms with E-state index in [1.165, 1.54) is 25.6 Å². The van der Waals surface area contributed by atoms with Gasteiger partial charge < -0.3 is 9.30 Å². The maximum absolute atomic E-state index is 9.01. The quantitative estimate of drug-likeness (QED) is 0.829. The van der Waals surface area contributed by atoms with E-state index in [2.05, 4.69) is 11.9 Å². The first-order valence-corrected chi connectivity index (χ1v) is 6.73. The molecule has 2 atom stereocenters. The van der Waals surface area contributed by atoms with E-state index in [-0.39, 0.29) is 5.69 Å². The van der Waals surface area contributed by atoms with Gasteiger partial charge in [-0.3, -0.25) is 0 Å². The highest BCUT2D eigenvalue weighted by molar-refractivity contribution is 5.35. The minimum atomic E-state index is 0.188. The molecule has 0 saturated heterocycles. The zero-order valence-corrected chi connectivity index (χ0v) is 11.2. The Morgan fingerprint density at radius 2 is 2.16 bits per heavy atom. The Bertz CT molecular complexity index is 508. The Morgan fingerprint density at radius 3 is 2.84 bits per heavy atom. The summed E-state index contributed by atoms with van der Waals surface area (Å²) in [7, 11) is 0. The maximum Gasteiger partial charge on any atom is 0.176 e. The van der Waals surface area contributed by atoms with Crippen molar-refractivity contribution in [3.8, 4) is 12.1 Å². The highest BCUT2D eigenvalue weighted by Crippen LogP contribution is 2.26. The predicted molar refractivity (Wildman–Crippen MR) is 69.0 cm³/mol. The van der Waals surface area contributed by atoms with Gasteiger partial charge in [0.2, 0.25) is 0 Å². The first kappa shape index (κ1) is 13.6. The number of hydrogen-bond donors (Lipinski definition) is 0. The molecule has 1 aliphatic rings. The molecule has 100 valence electrons. The summed E-state index contributed by atoms with van der Waals surface area (Å²) in [5.41, 5.74) is 0.510. The number of nitriles is 2. The van der Waals surface area contributed by atoms with Gasteiger partial charge in [-0.1, -0.05) is 19.8 Å². The SMILES string of the molecule is CC1CCCCC1OCCn1cnc(C#N)c1C#N. The molecule has 0 bridgehead atoms. The summed E-state index contributed by atoms with van der Waals surface area (Å²) in [6, 6.07) is 3.93. The van der Waals surface area contributed by atoms with E-state index >= 15 is 0 Å². The number of rotatable bonds is 4. The summed E-state index contributed by atoms with van der Waals surface area (Å²) < 4.78 is 7.59. The standard InChI is InChI=1S/C14H18N4O/c1-11-4-2-3-5-14(11)19-7-6-18-10-17-12(8-15)13(18)9-16/h10-11,14H,2-7H2,1H3. The van der Waals surface area contributed by atoms with Crippen LogP contribution in [0.3, 0.4) is 0 Å². The molecule has 5 heteroatoms. The lowest BCUT2D eigenvalue weighted by Crippen LogP contribution is -2.27. The maximum atomic E-state index is 9.01. The molecule has 0 aliphatic heterocycles. The molecule has 0 aromatic carbocycles. The molecule has 1 aromatic rings. The van der Waals surface area contributed by atoms with Crippen molar-refractivity contribution in [1.29, 1.82) is 10.5 Å². The van der Waals surface area contributed by atoms with Crippen LogP contribution >= 0.6 is 0 Å². The van der Waals surface area contributed by atoms with Crippen LogP contribution in [0.15, 0.2) is 6.33 Å². The molecule has 1 saturated carbocycles. The fraction of sp³-hybridized carbons (Fsp3) is 0.643. The summed E-state index contributed by atoms with van der Waals surface area (Å²) >= 11 is 0. The third-order valence-electron chi connectivity index (χ3n) is 3.75. The van der Waals surface area contributed by atoms with E-state index in [1.807, 2.05) is 12.1 Å². The Balaban J connectivity index is 1.88. The second-order valence-electron chi connectivity index (χ2n) is 5.03. The second kappa shape index (κ2) is 6.36. The van der Waals surface area contributed by atoms with Gasteiger partial charge in [0.05, 0.1) is 19.0 Å². The average molecular weight is 258 g/mol. The fourth-order valence-electron chi connectivity index (χ4n) is 2.58. The van der Waals surface area contributed by atoms with Crippen molar-refractivity contribution >= 4 is 0 Å². The Morgan fingerprint density at radius 1 is 1.37 bits per heavy atom. The number of hydrogen-bond acceptors (Lipinski definition) is 4. The number of aromatic nitrogens is 2.